The number of ether oxygens (including phenoxy) is 2. The normalized spacial score (nSPS) is 15.6. The van der Waals surface area contributed by atoms with Gasteiger partial charge in [-0.15, -0.1) is 0 Å². The molecule has 0 saturated carbocycles. The minimum absolute atomic E-state index is 0.163. The van der Waals surface area contributed by atoms with Crippen molar-refractivity contribution in [3.8, 4) is 0 Å². The third kappa shape index (κ3) is 12.1. The Hall–Kier alpha value is -0.990. The van der Waals surface area contributed by atoms with Gasteiger partial charge in [0.15, 0.2) is 6.10 Å². The van der Waals surface area contributed by atoms with E-state index in [1.54, 1.807) is 0 Å². The third-order valence-corrected chi connectivity index (χ3v) is 3.87. The van der Waals surface area contributed by atoms with Crippen LogP contribution < -0.4 is 0 Å². The summed E-state index contributed by atoms with van der Waals surface area (Å²) in [4.78, 5) is 21.8. The van der Waals surface area contributed by atoms with Crippen molar-refractivity contribution >= 4 is 19.8 Å². The van der Waals surface area contributed by atoms with Gasteiger partial charge in [-0.25, -0.2) is 4.57 Å². The molecule has 136 valence electrons. The van der Waals surface area contributed by atoms with Gasteiger partial charge in [-0.2, -0.15) is 0 Å². The van der Waals surface area contributed by atoms with Crippen LogP contribution in [0.5, 0.6) is 0 Å². The first-order valence-electron chi connectivity index (χ1n) is 7.03. The van der Waals surface area contributed by atoms with Crippen LogP contribution in [0.1, 0.15) is 13.8 Å². The predicted octanol–water partition coefficient (Wildman–Crippen LogP) is 0.975. The summed E-state index contributed by atoms with van der Waals surface area (Å²) in [7, 11) is 3.29. The summed E-state index contributed by atoms with van der Waals surface area (Å²) in [6, 6.07) is 0. The highest BCUT2D eigenvalue weighted by molar-refractivity contribution is 7.48. The van der Waals surface area contributed by atoms with Crippen LogP contribution in [0.2, 0.25) is 0 Å². The number of rotatable bonds is 11. The van der Waals surface area contributed by atoms with Crippen molar-refractivity contribution in [3.05, 3.63) is 0 Å². The van der Waals surface area contributed by atoms with E-state index in [0.29, 0.717) is 11.0 Å². The lowest BCUT2D eigenvalue weighted by Gasteiger charge is -2.25. The molecule has 0 fully saturated rings. The lowest BCUT2D eigenvalue weighted by atomic mass is 10.4. The molecule has 9 nitrogen and oxygen atoms in total. The zero-order chi connectivity index (χ0) is 18.1. The van der Waals surface area contributed by atoms with Gasteiger partial charge >= 0.3 is 19.8 Å². The monoisotopic (exact) mass is 356 g/mol. The molecule has 0 rings (SSSR count). The average molecular weight is 356 g/mol. The molecule has 0 aromatic carbocycles. The summed E-state index contributed by atoms with van der Waals surface area (Å²) in [6.07, 6.45) is -0.901. The van der Waals surface area contributed by atoms with Gasteiger partial charge in [0.2, 0.25) is 0 Å². The van der Waals surface area contributed by atoms with Crippen LogP contribution in [0.4, 0.5) is 0 Å². The Morgan fingerprint density at radius 2 is 1.65 bits per heavy atom. The molecule has 0 N–H and O–H groups in total. The SMILES string of the molecule is COP(=O)(OCC[N+](C)(C)C)OCC(COC(C)=O)OC(C)=O. The van der Waals surface area contributed by atoms with Crippen molar-refractivity contribution in [2.75, 3.05) is 54.6 Å². The molecule has 0 saturated heterocycles. The lowest BCUT2D eigenvalue weighted by molar-refractivity contribution is -0.870. The van der Waals surface area contributed by atoms with Crippen LogP contribution >= 0.6 is 7.82 Å². The molecule has 10 heteroatoms. The van der Waals surface area contributed by atoms with Crippen molar-refractivity contribution in [1.29, 1.82) is 0 Å². The van der Waals surface area contributed by atoms with E-state index < -0.39 is 25.9 Å². The number of esters is 2. The second kappa shape index (κ2) is 10.00. The third-order valence-electron chi connectivity index (χ3n) is 2.46. The maximum Gasteiger partial charge on any atom is 0.474 e. The summed E-state index contributed by atoms with van der Waals surface area (Å²) in [5, 5.41) is 0. The fourth-order valence-corrected chi connectivity index (χ4v) is 2.24. The molecular weight excluding hydrogens is 329 g/mol. The second-order valence-corrected chi connectivity index (χ2v) is 7.58. The summed E-state index contributed by atoms with van der Waals surface area (Å²) in [6.45, 7) is 2.68. The van der Waals surface area contributed by atoms with Crippen LogP contribution in [-0.4, -0.2) is 77.1 Å². The molecule has 0 spiro atoms. The fraction of sp³-hybridized carbons (Fsp3) is 0.846. The summed E-state index contributed by atoms with van der Waals surface area (Å²) in [5.74, 6) is -1.11. The first kappa shape index (κ1) is 22.0. The molecule has 0 bridgehead atoms. The first-order valence-corrected chi connectivity index (χ1v) is 8.49. The Kier molecular flexibility index (Phi) is 9.57. The molecule has 23 heavy (non-hydrogen) atoms. The van der Waals surface area contributed by atoms with Crippen LogP contribution in [0.15, 0.2) is 0 Å². The highest BCUT2D eigenvalue weighted by Crippen LogP contribution is 2.48. The van der Waals surface area contributed by atoms with Crippen LogP contribution in [-0.2, 0) is 37.2 Å². The topological polar surface area (TPSA) is 97.4 Å². The van der Waals surface area contributed by atoms with Crippen LogP contribution in [0.3, 0.4) is 0 Å². The van der Waals surface area contributed by atoms with E-state index in [1.165, 1.54) is 21.0 Å². The van der Waals surface area contributed by atoms with E-state index in [1.807, 2.05) is 21.1 Å². The average Bonchev–Trinajstić information content (AvgIpc) is 2.40. The van der Waals surface area contributed by atoms with E-state index in [9.17, 15) is 14.2 Å². The number of phosphoric ester groups is 1. The van der Waals surface area contributed by atoms with E-state index in [2.05, 4.69) is 0 Å². The van der Waals surface area contributed by atoms with Crippen LogP contribution in [0.25, 0.3) is 0 Å². The van der Waals surface area contributed by atoms with Gasteiger partial charge in [-0.05, 0) is 0 Å². The predicted molar refractivity (Wildman–Crippen MR) is 81.6 cm³/mol. The van der Waals surface area contributed by atoms with E-state index >= 15 is 0 Å². The van der Waals surface area contributed by atoms with Crippen LogP contribution in [0, 0.1) is 0 Å². The molecule has 2 unspecified atom stereocenters. The maximum absolute atomic E-state index is 12.3. The lowest BCUT2D eigenvalue weighted by Crippen LogP contribution is -2.37. The van der Waals surface area contributed by atoms with Gasteiger partial charge < -0.3 is 14.0 Å². The number of carbonyl (C=O) groups excluding carboxylic acids is 2. The second-order valence-electron chi connectivity index (χ2n) is 5.81. The quantitative estimate of drug-likeness (QED) is 0.307. The molecule has 2 atom stereocenters. The number of nitrogens with zero attached hydrogens (tertiary/aromatic N) is 1. The van der Waals surface area contributed by atoms with Gasteiger partial charge in [0, 0.05) is 21.0 Å². The molecule has 0 amide bonds. The Bertz CT molecular complexity index is 434. The number of phosphoric acid groups is 1. The van der Waals surface area contributed by atoms with Crippen molar-refractivity contribution < 1.29 is 41.7 Å². The molecular formula is C13H27NO8P+. The maximum atomic E-state index is 12.3. The minimum atomic E-state index is -3.77. The van der Waals surface area contributed by atoms with E-state index in [0.717, 1.165) is 0 Å². The Morgan fingerprint density at radius 3 is 2.09 bits per heavy atom. The van der Waals surface area contributed by atoms with Gasteiger partial charge in [0.05, 0.1) is 27.7 Å². The zero-order valence-electron chi connectivity index (χ0n) is 14.6. The Morgan fingerprint density at radius 1 is 1.04 bits per heavy atom. The summed E-state index contributed by atoms with van der Waals surface area (Å²) in [5.41, 5.74) is 0. The molecule has 0 radical (unpaired) electrons. The number of hydrogen-bond donors (Lipinski definition) is 0. The van der Waals surface area contributed by atoms with Crippen molar-refractivity contribution in [2.24, 2.45) is 0 Å². The van der Waals surface area contributed by atoms with Crippen molar-refractivity contribution in [2.45, 2.75) is 20.0 Å². The number of carbonyl (C=O) groups is 2. The summed E-state index contributed by atoms with van der Waals surface area (Å²) >= 11 is 0. The molecule has 0 aromatic heterocycles. The van der Waals surface area contributed by atoms with Crippen molar-refractivity contribution in [3.63, 3.8) is 0 Å². The number of likely N-dealkylation sites (N-methyl/N-ethyl adjacent to an activating group) is 1. The molecule has 0 heterocycles. The van der Waals surface area contributed by atoms with Gasteiger partial charge in [-0.1, -0.05) is 0 Å². The molecule has 0 aliphatic heterocycles. The standard InChI is InChI=1S/C13H27NO8P/c1-11(15)19-9-13(22-12(2)16)10-21-23(17,18-6)20-8-7-14(3,4)5/h13H,7-10H2,1-6H3/q+1. The first-order chi connectivity index (χ1) is 10.5. The molecule has 0 aromatic rings. The number of quaternary nitrogens is 1. The van der Waals surface area contributed by atoms with E-state index in [-0.39, 0.29) is 19.8 Å². The smallest absolute Gasteiger partial charge is 0.462 e. The van der Waals surface area contributed by atoms with Gasteiger partial charge in [-0.3, -0.25) is 23.2 Å². The zero-order valence-corrected chi connectivity index (χ0v) is 15.5. The Labute approximate surface area is 137 Å². The molecule has 0 aliphatic carbocycles. The van der Waals surface area contributed by atoms with Crippen molar-refractivity contribution in [1.82, 2.24) is 0 Å². The Balaban J connectivity index is 4.51. The van der Waals surface area contributed by atoms with Gasteiger partial charge in [0.1, 0.15) is 19.8 Å². The highest BCUT2D eigenvalue weighted by Gasteiger charge is 2.28. The highest BCUT2D eigenvalue weighted by atomic mass is 31.2. The summed E-state index contributed by atoms with van der Waals surface area (Å²) < 4.78 is 37.7. The fourth-order valence-electron chi connectivity index (χ4n) is 1.30. The molecule has 0 aliphatic rings. The number of hydrogen-bond acceptors (Lipinski definition) is 8. The largest absolute Gasteiger partial charge is 0.474 e. The van der Waals surface area contributed by atoms with E-state index in [4.69, 9.17) is 23.0 Å². The minimum Gasteiger partial charge on any atom is -0.462 e. The van der Waals surface area contributed by atoms with Gasteiger partial charge in [0.25, 0.3) is 0 Å².